The molecule has 0 aromatic rings. The van der Waals surface area contributed by atoms with E-state index in [9.17, 15) is 0 Å². The molecule has 2 rings (SSSR count). The SMILES string of the molecule is C/N=C1\OCC2(CCNCC2)N1C. The molecule has 4 heteroatoms. The van der Waals surface area contributed by atoms with Crippen LogP contribution in [0.15, 0.2) is 4.99 Å². The molecule has 2 aliphatic rings. The highest BCUT2D eigenvalue weighted by Gasteiger charge is 2.44. The molecule has 0 aromatic heterocycles. The maximum absolute atomic E-state index is 5.56. The summed E-state index contributed by atoms with van der Waals surface area (Å²) in [5.41, 5.74) is 0.222. The van der Waals surface area contributed by atoms with Gasteiger partial charge in [-0.3, -0.25) is 0 Å². The fraction of sp³-hybridized carbons (Fsp3) is 0.889. The normalized spacial score (nSPS) is 29.7. The monoisotopic (exact) mass is 183 g/mol. The lowest BCUT2D eigenvalue weighted by Crippen LogP contribution is -2.52. The van der Waals surface area contributed by atoms with Crippen LogP contribution in [0.2, 0.25) is 0 Å². The van der Waals surface area contributed by atoms with Gasteiger partial charge >= 0.3 is 0 Å². The molecule has 1 spiro atoms. The van der Waals surface area contributed by atoms with Crippen LogP contribution in [0.1, 0.15) is 12.8 Å². The molecule has 2 saturated heterocycles. The Morgan fingerprint density at radius 3 is 2.69 bits per heavy atom. The summed E-state index contributed by atoms with van der Waals surface area (Å²) in [6.45, 7) is 2.98. The van der Waals surface area contributed by atoms with E-state index in [1.165, 1.54) is 0 Å². The standard InChI is InChI=1S/C9H17N3O/c1-10-8-12(2)9(7-13-8)3-5-11-6-4-9/h11H,3-7H2,1-2H3/b10-8-. The number of rotatable bonds is 0. The number of nitrogens with zero attached hydrogens (tertiary/aromatic N) is 2. The van der Waals surface area contributed by atoms with Gasteiger partial charge in [0.25, 0.3) is 6.02 Å². The van der Waals surface area contributed by atoms with Gasteiger partial charge in [-0.25, -0.2) is 4.99 Å². The van der Waals surface area contributed by atoms with Crippen LogP contribution < -0.4 is 5.32 Å². The first-order valence-electron chi connectivity index (χ1n) is 4.83. The van der Waals surface area contributed by atoms with Crippen molar-refractivity contribution in [3.63, 3.8) is 0 Å². The number of ether oxygens (including phenoxy) is 1. The topological polar surface area (TPSA) is 36.9 Å². The van der Waals surface area contributed by atoms with Crippen molar-refractivity contribution in [2.45, 2.75) is 18.4 Å². The molecule has 2 aliphatic heterocycles. The van der Waals surface area contributed by atoms with E-state index in [2.05, 4.69) is 22.3 Å². The zero-order chi connectivity index (χ0) is 9.31. The summed E-state index contributed by atoms with van der Waals surface area (Å²) in [5.74, 6) is 0. The van der Waals surface area contributed by atoms with Gasteiger partial charge in [-0.05, 0) is 25.9 Å². The third-order valence-electron chi connectivity index (χ3n) is 3.19. The van der Waals surface area contributed by atoms with Crippen LogP contribution in [0.25, 0.3) is 0 Å². The van der Waals surface area contributed by atoms with E-state index < -0.39 is 0 Å². The molecule has 0 radical (unpaired) electrons. The highest BCUT2D eigenvalue weighted by molar-refractivity contribution is 5.76. The Labute approximate surface area is 79.0 Å². The Morgan fingerprint density at radius 1 is 1.46 bits per heavy atom. The van der Waals surface area contributed by atoms with Gasteiger partial charge in [0, 0.05) is 14.1 Å². The maximum atomic E-state index is 5.56. The fourth-order valence-corrected chi connectivity index (χ4v) is 2.18. The highest BCUT2D eigenvalue weighted by atomic mass is 16.5. The van der Waals surface area contributed by atoms with E-state index in [1.807, 2.05) is 0 Å². The molecular formula is C9H17N3O. The van der Waals surface area contributed by atoms with Gasteiger partial charge in [-0.2, -0.15) is 0 Å². The number of nitrogens with one attached hydrogen (secondary N) is 1. The van der Waals surface area contributed by atoms with Crippen molar-refractivity contribution in [1.29, 1.82) is 0 Å². The number of piperidine rings is 1. The van der Waals surface area contributed by atoms with E-state index in [-0.39, 0.29) is 5.54 Å². The summed E-state index contributed by atoms with van der Waals surface area (Å²) < 4.78 is 5.56. The lowest BCUT2D eigenvalue weighted by atomic mass is 9.89. The first kappa shape index (κ1) is 8.81. The molecule has 0 atom stereocenters. The minimum atomic E-state index is 0.222. The first-order chi connectivity index (χ1) is 6.28. The molecule has 0 aliphatic carbocycles. The Bertz CT molecular complexity index is 221. The number of likely N-dealkylation sites (N-methyl/N-ethyl adjacent to an activating group) is 1. The number of hydrogen-bond donors (Lipinski definition) is 1. The summed E-state index contributed by atoms with van der Waals surface area (Å²) in [6, 6.07) is 0.793. The lowest BCUT2D eigenvalue weighted by molar-refractivity contribution is 0.153. The van der Waals surface area contributed by atoms with Gasteiger partial charge in [-0.15, -0.1) is 0 Å². The van der Waals surface area contributed by atoms with E-state index in [1.54, 1.807) is 7.05 Å². The number of amidine groups is 1. The first-order valence-corrected chi connectivity index (χ1v) is 4.83. The molecule has 0 unspecified atom stereocenters. The van der Waals surface area contributed by atoms with Crippen molar-refractivity contribution in [3.8, 4) is 0 Å². The highest BCUT2D eigenvalue weighted by Crippen LogP contribution is 2.30. The van der Waals surface area contributed by atoms with Gasteiger partial charge < -0.3 is 15.0 Å². The number of hydrogen-bond acceptors (Lipinski definition) is 3. The van der Waals surface area contributed by atoms with Gasteiger partial charge in [0.2, 0.25) is 0 Å². The van der Waals surface area contributed by atoms with E-state index in [0.29, 0.717) is 0 Å². The molecule has 4 nitrogen and oxygen atoms in total. The average molecular weight is 183 g/mol. The molecular weight excluding hydrogens is 166 g/mol. The van der Waals surface area contributed by atoms with E-state index in [4.69, 9.17) is 4.74 Å². The van der Waals surface area contributed by atoms with Crippen molar-refractivity contribution in [2.24, 2.45) is 4.99 Å². The summed E-state index contributed by atoms with van der Waals surface area (Å²) in [7, 11) is 3.87. The van der Waals surface area contributed by atoms with E-state index in [0.717, 1.165) is 38.6 Å². The van der Waals surface area contributed by atoms with Crippen molar-refractivity contribution < 1.29 is 4.74 Å². The summed E-state index contributed by atoms with van der Waals surface area (Å²) in [6.07, 6.45) is 2.31. The quantitative estimate of drug-likeness (QED) is 0.577. The Kier molecular flexibility index (Phi) is 2.15. The Hall–Kier alpha value is -0.770. The van der Waals surface area contributed by atoms with Crippen LogP contribution in [-0.4, -0.2) is 50.3 Å². The van der Waals surface area contributed by atoms with Crippen LogP contribution in [0, 0.1) is 0 Å². The summed E-state index contributed by atoms with van der Waals surface area (Å²) >= 11 is 0. The molecule has 2 heterocycles. The van der Waals surface area contributed by atoms with Crippen LogP contribution in [0.3, 0.4) is 0 Å². The third kappa shape index (κ3) is 1.29. The zero-order valence-electron chi connectivity index (χ0n) is 8.34. The predicted octanol–water partition coefficient (Wildman–Crippen LogP) is 0.0564. The molecule has 74 valence electrons. The largest absolute Gasteiger partial charge is 0.463 e. The Morgan fingerprint density at radius 2 is 2.15 bits per heavy atom. The van der Waals surface area contributed by atoms with Crippen molar-refractivity contribution in [2.75, 3.05) is 33.8 Å². The maximum Gasteiger partial charge on any atom is 0.287 e. The van der Waals surface area contributed by atoms with Crippen molar-refractivity contribution in [3.05, 3.63) is 0 Å². The van der Waals surface area contributed by atoms with Crippen LogP contribution >= 0.6 is 0 Å². The van der Waals surface area contributed by atoms with Gasteiger partial charge in [0.05, 0.1) is 5.54 Å². The number of aliphatic imine (C=N–C) groups is 1. The molecule has 0 aromatic carbocycles. The van der Waals surface area contributed by atoms with Gasteiger partial charge in [-0.1, -0.05) is 0 Å². The Balaban J connectivity index is 2.15. The van der Waals surface area contributed by atoms with Gasteiger partial charge in [0.1, 0.15) is 6.61 Å². The van der Waals surface area contributed by atoms with Crippen molar-refractivity contribution >= 4 is 6.02 Å². The molecule has 1 N–H and O–H groups in total. The third-order valence-corrected chi connectivity index (χ3v) is 3.19. The molecule has 0 amide bonds. The fourth-order valence-electron chi connectivity index (χ4n) is 2.18. The molecule has 0 bridgehead atoms. The smallest absolute Gasteiger partial charge is 0.287 e. The summed E-state index contributed by atoms with van der Waals surface area (Å²) in [4.78, 5) is 6.32. The average Bonchev–Trinajstić information content (AvgIpc) is 2.47. The predicted molar refractivity (Wildman–Crippen MR) is 51.9 cm³/mol. The zero-order valence-corrected chi connectivity index (χ0v) is 8.34. The second kappa shape index (κ2) is 3.18. The van der Waals surface area contributed by atoms with Crippen LogP contribution in [-0.2, 0) is 4.74 Å². The minimum Gasteiger partial charge on any atom is -0.463 e. The van der Waals surface area contributed by atoms with Gasteiger partial charge in [0.15, 0.2) is 0 Å². The second-order valence-electron chi connectivity index (χ2n) is 3.83. The summed E-state index contributed by atoms with van der Waals surface area (Å²) in [5, 5.41) is 3.37. The minimum absolute atomic E-state index is 0.222. The molecule has 13 heavy (non-hydrogen) atoms. The lowest BCUT2D eigenvalue weighted by Gasteiger charge is -2.37. The van der Waals surface area contributed by atoms with Crippen LogP contribution in [0.5, 0.6) is 0 Å². The van der Waals surface area contributed by atoms with E-state index >= 15 is 0 Å². The molecule has 0 saturated carbocycles. The van der Waals surface area contributed by atoms with Crippen molar-refractivity contribution in [1.82, 2.24) is 10.2 Å². The molecule has 2 fully saturated rings. The van der Waals surface area contributed by atoms with Crippen LogP contribution in [0.4, 0.5) is 0 Å². The second-order valence-corrected chi connectivity index (χ2v) is 3.83.